The van der Waals surface area contributed by atoms with Gasteiger partial charge in [0.25, 0.3) is 0 Å². The van der Waals surface area contributed by atoms with E-state index in [1.165, 1.54) is 0 Å². The van der Waals surface area contributed by atoms with Crippen molar-refractivity contribution < 1.29 is 0 Å². The van der Waals surface area contributed by atoms with Gasteiger partial charge in [0.05, 0.1) is 11.7 Å². The zero-order chi connectivity index (χ0) is 8.97. The Hall–Kier alpha value is -0.310. The molecule has 0 spiro atoms. The fourth-order valence-corrected chi connectivity index (χ4v) is 1.61. The summed E-state index contributed by atoms with van der Waals surface area (Å²) < 4.78 is 2.07. The summed E-state index contributed by atoms with van der Waals surface area (Å²) in [6.07, 6.45) is 4.37. The van der Waals surface area contributed by atoms with Crippen LogP contribution in [0.3, 0.4) is 0 Å². The van der Waals surface area contributed by atoms with Crippen LogP contribution in [0, 0.1) is 0 Å². The molecule has 1 heterocycles. The van der Waals surface area contributed by atoms with E-state index in [1.54, 1.807) is 0 Å². The van der Waals surface area contributed by atoms with Crippen molar-refractivity contribution in [2.24, 2.45) is 0 Å². The largest absolute Gasteiger partial charge is 0.269 e. The molecule has 1 aromatic heterocycles. The van der Waals surface area contributed by atoms with E-state index in [0.717, 1.165) is 23.9 Å². The lowest BCUT2D eigenvalue weighted by Gasteiger charge is -2.12. The Bertz CT molecular complexity index is 228. The second kappa shape index (κ2) is 4.65. The van der Waals surface area contributed by atoms with Crippen molar-refractivity contribution in [3.8, 4) is 0 Å². The average Bonchev–Trinajstić information content (AvgIpc) is 2.55. The molecule has 2 nitrogen and oxygen atoms in total. The average molecular weight is 231 g/mol. The quantitative estimate of drug-likeness (QED) is 0.728. The molecule has 1 aromatic rings. The van der Waals surface area contributed by atoms with Crippen molar-refractivity contribution in [3.63, 3.8) is 0 Å². The Balaban J connectivity index is 2.72. The summed E-state index contributed by atoms with van der Waals surface area (Å²) in [5.41, 5.74) is 1.11. The minimum Gasteiger partial charge on any atom is -0.269 e. The maximum atomic E-state index is 4.44. The van der Waals surface area contributed by atoms with Crippen LogP contribution in [0.15, 0.2) is 12.3 Å². The van der Waals surface area contributed by atoms with Gasteiger partial charge in [-0.15, -0.1) is 0 Å². The fourth-order valence-electron chi connectivity index (χ4n) is 1.31. The van der Waals surface area contributed by atoms with Gasteiger partial charge >= 0.3 is 0 Å². The van der Waals surface area contributed by atoms with E-state index in [4.69, 9.17) is 0 Å². The Labute approximate surface area is 82.1 Å². The molecule has 0 radical (unpaired) electrons. The van der Waals surface area contributed by atoms with Gasteiger partial charge in [-0.1, -0.05) is 29.8 Å². The summed E-state index contributed by atoms with van der Waals surface area (Å²) in [5, 5.41) is 5.29. The van der Waals surface area contributed by atoms with E-state index in [-0.39, 0.29) is 0 Å². The van der Waals surface area contributed by atoms with E-state index in [2.05, 4.69) is 51.8 Å². The van der Waals surface area contributed by atoms with Crippen LogP contribution in [-0.4, -0.2) is 9.78 Å². The van der Waals surface area contributed by atoms with E-state index in [1.807, 2.05) is 0 Å². The molecule has 12 heavy (non-hydrogen) atoms. The molecule has 0 atom stereocenters. The highest BCUT2D eigenvalue weighted by molar-refractivity contribution is 9.08. The first-order valence-electron chi connectivity index (χ1n) is 4.41. The van der Waals surface area contributed by atoms with Gasteiger partial charge in [-0.2, -0.15) is 5.10 Å². The zero-order valence-electron chi connectivity index (χ0n) is 7.63. The van der Waals surface area contributed by atoms with Gasteiger partial charge in [0.2, 0.25) is 0 Å². The van der Waals surface area contributed by atoms with Crippen molar-refractivity contribution in [1.82, 2.24) is 9.78 Å². The topological polar surface area (TPSA) is 17.8 Å². The van der Waals surface area contributed by atoms with Gasteiger partial charge in [-0.25, -0.2) is 0 Å². The number of hydrogen-bond acceptors (Lipinski definition) is 1. The molecular weight excluding hydrogens is 216 g/mol. The molecule has 68 valence electrons. The molecule has 0 saturated carbocycles. The van der Waals surface area contributed by atoms with Gasteiger partial charge in [-0.3, -0.25) is 4.68 Å². The summed E-state index contributed by atoms with van der Waals surface area (Å²) in [4.78, 5) is 0. The van der Waals surface area contributed by atoms with Crippen LogP contribution < -0.4 is 0 Å². The molecule has 0 saturated heterocycles. The highest BCUT2D eigenvalue weighted by atomic mass is 79.9. The van der Waals surface area contributed by atoms with E-state index < -0.39 is 0 Å². The van der Waals surface area contributed by atoms with Crippen molar-refractivity contribution >= 4 is 15.9 Å². The smallest absolute Gasteiger partial charge is 0.0730 e. The third-order valence-electron chi connectivity index (χ3n) is 2.12. The first-order valence-corrected chi connectivity index (χ1v) is 5.54. The maximum Gasteiger partial charge on any atom is 0.0730 e. The van der Waals surface area contributed by atoms with E-state index >= 15 is 0 Å². The summed E-state index contributed by atoms with van der Waals surface area (Å²) in [6.45, 7) is 4.40. The van der Waals surface area contributed by atoms with Gasteiger partial charge in [-0.05, 0) is 18.9 Å². The van der Waals surface area contributed by atoms with Gasteiger partial charge in [0.15, 0.2) is 0 Å². The maximum absolute atomic E-state index is 4.44. The lowest BCUT2D eigenvalue weighted by molar-refractivity contribution is 0.426. The Morgan fingerprint density at radius 3 is 2.58 bits per heavy atom. The standard InChI is InChI=1S/C9H15BrN2/c1-3-9(4-2)12-6-5-8(7-10)11-12/h5-6,9H,3-4,7H2,1-2H3. The lowest BCUT2D eigenvalue weighted by Crippen LogP contribution is -2.07. The minimum atomic E-state index is 0.567. The first-order chi connectivity index (χ1) is 5.81. The molecule has 0 amide bonds. The molecule has 0 aromatic carbocycles. The van der Waals surface area contributed by atoms with Gasteiger partial charge < -0.3 is 0 Å². The molecule has 0 unspecified atom stereocenters. The second-order valence-electron chi connectivity index (χ2n) is 2.89. The number of hydrogen-bond donors (Lipinski definition) is 0. The van der Waals surface area contributed by atoms with Crippen molar-refractivity contribution in [1.29, 1.82) is 0 Å². The highest BCUT2D eigenvalue weighted by Crippen LogP contribution is 2.14. The summed E-state index contributed by atoms with van der Waals surface area (Å²) in [6, 6.07) is 2.63. The number of alkyl halides is 1. The van der Waals surface area contributed by atoms with Crippen LogP contribution >= 0.6 is 15.9 Å². The van der Waals surface area contributed by atoms with Crippen molar-refractivity contribution in [3.05, 3.63) is 18.0 Å². The summed E-state index contributed by atoms with van der Waals surface area (Å²) in [7, 11) is 0. The molecule has 3 heteroatoms. The molecule has 0 fully saturated rings. The predicted octanol–water partition coefficient (Wildman–Crippen LogP) is 3.14. The van der Waals surface area contributed by atoms with Gasteiger partial charge in [0.1, 0.15) is 0 Å². The molecule has 0 N–H and O–H groups in total. The van der Waals surface area contributed by atoms with Crippen LogP contribution in [0.1, 0.15) is 38.4 Å². The van der Waals surface area contributed by atoms with Crippen LogP contribution in [-0.2, 0) is 5.33 Å². The minimum absolute atomic E-state index is 0.567. The molecule has 1 rings (SSSR count). The summed E-state index contributed by atoms with van der Waals surface area (Å²) in [5.74, 6) is 0. The second-order valence-corrected chi connectivity index (χ2v) is 3.45. The van der Waals surface area contributed by atoms with E-state index in [9.17, 15) is 0 Å². The summed E-state index contributed by atoms with van der Waals surface area (Å²) >= 11 is 3.39. The van der Waals surface area contributed by atoms with Crippen LogP contribution in [0.4, 0.5) is 0 Å². The van der Waals surface area contributed by atoms with Crippen molar-refractivity contribution in [2.45, 2.75) is 38.1 Å². The van der Waals surface area contributed by atoms with Crippen LogP contribution in [0.25, 0.3) is 0 Å². The first kappa shape index (κ1) is 9.78. The SMILES string of the molecule is CCC(CC)n1ccc(CBr)n1. The van der Waals surface area contributed by atoms with Crippen LogP contribution in [0.5, 0.6) is 0 Å². The fraction of sp³-hybridized carbons (Fsp3) is 0.667. The van der Waals surface area contributed by atoms with E-state index in [0.29, 0.717) is 6.04 Å². The Morgan fingerprint density at radius 1 is 1.50 bits per heavy atom. The number of rotatable bonds is 4. The number of nitrogens with zero attached hydrogens (tertiary/aromatic N) is 2. The Kier molecular flexibility index (Phi) is 3.79. The van der Waals surface area contributed by atoms with Crippen molar-refractivity contribution in [2.75, 3.05) is 0 Å². The third kappa shape index (κ3) is 2.09. The monoisotopic (exact) mass is 230 g/mol. The zero-order valence-corrected chi connectivity index (χ0v) is 9.21. The highest BCUT2D eigenvalue weighted by Gasteiger charge is 2.06. The number of halogens is 1. The number of aromatic nitrogens is 2. The normalized spacial score (nSPS) is 11.0. The molecule has 0 aliphatic heterocycles. The molecule has 0 bridgehead atoms. The third-order valence-corrected chi connectivity index (χ3v) is 2.69. The molecule has 0 aliphatic carbocycles. The lowest BCUT2D eigenvalue weighted by atomic mass is 10.2. The Morgan fingerprint density at radius 2 is 2.17 bits per heavy atom. The predicted molar refractivity (Wildman–Crippen MR) is 54.5 cm³/mol. The molecule has 0 aliphatic rings. The molecular formula is C9H15BrN2. The van der Waals surface area contributed by atoms with Crippen LogP contribution in [0.2, 0.25) is 0 Å². The van der Waals surface area contributed by atoms with Gasteiger partial charge in [0, 0.05) is 11.5 Å².